The van der Waals surface area contributed by atoms with Gasteiger partial charge in [-0.2, -0.15) is 0 Å². The second kappa shape index (κ2) is 4.61. The number of likely N-dealkylation sites (tertiary alicyclic amines) is 1. The van der Waals surface area contributed by atoms with Gasteiger partial charge in [-0.25, -0.2) is 0 Å². The van der Waals surface area contributed by atoms with Crippen molar-refractivity contribution in [1.29, 1.82) is 0 Å². The topological polar surface area (TPSA) is 20.3 Å². The van der Waals surface area contributed by atoms with Gasteiger partial charge >= 0.3 is 0 Å². The summed E-state index contributed by atoms with van der Waals surface area (Å²) in [6.45, 7) is 4.66. The zero-order chi connectivity index (χ0) is 8.97. The van der Waals surface area contributed by atoms with Crippen LogP contribution in [0.5, 0.6) is 0 Å². The predicted molar refractivity (Wildman–Crippen MR) is 50.1 cm³/mol. The van der Waals surface area contributed by atoms with Crippen LogP contribution in [0, 0.1) is 11.8 Å². The molecule has 0 N–H and O–H groups in total. The predicted octanol–water partition coefficient (Wildman–Crippen LogP) is 1.55. The fraction of sp³-hybridized carbons (Fsp3) is 0.900. The number of carbonyl (C=O) groups is 1. The molecule has 0 aromatic heterocycles. The number of hydrogen-bond acceptors (Lipinski definition) is 2. The first-order valence-electron chi connectivity index (χ1n) is 4.90. The van der Waals surface area contributed by atoms with Gasteiger partial charge < -0.3 is 9.69 Å². The van der Waals surface area contributed by atoms with Crippen molar-refractivity contribution in [2.45, 2.75) is 26.2 Å². The van der Waals surface area contributed by atoms with E-state index in [1.54, 1.807) is 0 Å². The lowest BCUT2D eigenvalue weighted by atomic mass is 9.90. The van der Waals surface area contributed by atoms with Crippen molar-refractivity contribution in [3.8, 4) is 0 Å². The van der Waals surface area contributed by atoms with E-state index in [1.165, 1.54) is 19.5 Å². The molecule has 1 aliphatic heterocycles. The standard InChI is InChI=1S/C10H19NO/c1-3-9-7-11(2)8-10(9)5-4-6-12/h6,9-10H,3-5,7-8H2,1-2H3/t9-,10?/m1/s1. The molecule has 2 nitrogen and oxygen atoms in total. The van der Waals surface area contributed by atoms with E-state index >= 15 is 0 Å². The van der Waals surface area contributed by atoms with Crippen molar-refractivity contribution in [2.75, 3.05) is 20.1 Å². The summed E-state index contributed by atoms with van der Waals surface area (Å²) in [4.78, 5) is 12.6. The zero-order valence-electron chi connectivity index (χ0n) is 8.12. The minimum Gasteiger partial charge on any atom is -0.306 e. The van der Waals surface area contributed by atoms with Crippen LogP contribution in [0.15, 0.2) is 0 Å². The summed E-state index contributed by atoms with van der Waals surface area (Å²) in [5, 5.41) is 0. The maximum absolute atomic E-state index is 10.2. The van der Waals surface area contributed by atoms with Gasteiger partial charge in [0.15, 0.2) is 0 Å². The van der Waals surface area contributed by atoms with E-state index in [1.807, 2.05) is 0 Å². The third-order valence-corrected chi connectivity index (χ3v) is 2.94. The fourth-order valence-electron chi connectivity index (χ4n) is 2.24. The van der Waals surface area contributed by atoms with Crippen LogP contribution in [-0.4, -0.2) is 31.3 Å². The van der Waals surface area contributed by atoms with Gasteiger partial charge in [0.2, 0.25) is 0 Å². The van der Waals surface area contributed by atoms with Crippen LogP contribution in [0.2, 0.25) is 0 Å². The zero-order valence-corrected chi connectivity index (χ0v) is 8.12. The van der Waals surface area contributed by atoms with Gasteiger partial charge in [0.1, 0.15) is 6.29 Å². The molecule has 1 rings (SSSR count). The second-order valence-electron chi connectivity index (χ2n) is 3.89. The first-order chi connectivity index (χ1) is 5.77. The third-order valence-electron chi connectivity index (χ3n) is 2.94. The quantitative estimate of drug-likeness (QED) is 0.595. The van der Waals surface area contributed by atoms with Crippen LogP contribution < -0.4 is 0 Å². The SMILES string of the molecule is CC[C@@H]1CN(C)CC1CCC=O. The van der Waals surface area contributed by atoms with Gasteiger partial charge in [0.25, 0.3) is 0 Å². The Bertz CT molecular complexity index is 147. The molecule has 0 amide bonds. The number of rotatable bonds is 4. The van der Waals surface area contributed by atoms with Crippen molar-refractivity contribution in [1.82, 2.24) is 4.90 Å². The molecule has 0 radical (unpaired) electrons. The summed E-state index contributed by atoms with van der Waals surface area (Å²) in [6, 6.07) is 0. The lowest BCUT2D eigenvalue weighted by Crippen LogP contribution is -2.13. The molecule has 1 heterocycles. The van der Waals surface area contributed by atoms with Gasteiger partial charge in [-0.3, -0.25) is 0 Å². The number of carbonyl (C=O) groups excluding carboxylic acids is 1. The molecule has 0 bridgehead atoms. The molecule has 1 fully saturated rings. The highest BCUT2D eigenvalue weighted by Crippen LogP contribution is 2.28. The van der Waals surface area contributed by atoms with E-state index in [9.17, 15) is 4.79 Å². The number of aldehydes is 1. The molecule has 1 unspecified atom stereocenters. The largest absolute Gasteiger partial charge is 0.306 e. The highest BCUT2D eigenvalue weighted by atomic mass is 16.1. The molecule has 70 valence electrons. The molecule has 0 aliphatic carbocycles. The summed E-state index contributed by atoms with van der Waals surface area (Å²) in [6.07, 6.45) is 4.14. The van der Waals surface area contributed by atoms with Gasteiger partial charge in [-0.05, 0) is 25.3 Å². The Labute approximate surface area is 74.9 Å². The van der Waals surface area contributed by atoms with Crippen LogP contribution >= 0.6 is 0 Å². The van der Waals surface area contributed by atoms with Crippen molar-refractivity contribution in [3.05, 3.63) is 0 Å². The van der Waals surface area contributed by atoms with Gasteiger partial charge in [0, 0.05) is 19.5 Å². The molecular formula is C10H19NO. The average molecular weight is 169 g/mol. The third kappa shape index (κ3) is 2.31. The lowest BCUT2D eigenvalue weighted by Gasteiger charge is -2.14. The number of hydrogen-bond donors (Lipinski definition) is 0. The van der Waals surface area contributed by atoms with E-state index in [2.05, 4.69) is 18.9 Å². The molecule has 2 atom stereocenters. The van der Waals surface area contributed by atoms with Crippen molar-refractivity contribution < 1.29 is 4.79 Å². The molecule has 12 heavy (non-hydrogen) atoms. The van der Waals surface area contributed by atoms with Crippen LogP contribution in [-0.2, 0) is 4.79 Å². The fourth-order valence-corrected chi connectivity index (χ4v) is 2.24. The van der Waals surface area contributed by atoms with Gasteiger partial charge in [0.05, 0.1) is 0 Å². The van der Waals surface area contributed by atoms with E-state index < -0.39 is 0 Å². The Morgan fingerprint density at radius 2 is 2.08 bits per heavy atom. The molecule has 1 aliphatic rings. The Morgan fingerprint density at radius 3 is 2.67 bits per heavy atom. The summed E-state index contributed by atoms with van der Waals surface area (Å²) in [5.41, 5.74) is 0. The maximum atomic E-state index is 10.2. The summed E-state index contributed by atoms with van der Waals surface area (Å²) < 4.78 is 0. The highest BCUT2D eigenvalue weighted by molar-refractivity contribution is 5.49. The van der Waals surface area contributed by atoms with Gasteiger partial charge in [-0.15, -0.1) is 0 Å². The smallest absolute Gasteiger partial charge is 0.120 e. The van der Waals surface area contributed by atoms with Crippen molar-refractivity contribution in [2.24, 2.45) is 11.8 Å². The first kappa shape index (κ1) is 9.72. The monoisotopic (exact) mass is 169 g/mol. The van der Waals surface area contributed by atoms with Gasteiger partial charge in [-0.1, -0.05) is 13.3 Å². The average Bonchev–Trinajstić information content (AvgIpc) is 2.42. The Balaban J connectivity index is 2.35. The minimum atomic E-state index is 0.745. The first-order valence-corrected chi connectivity index (χ1v) is 4.90. The second-order valence-corrected chi connectivity index (χ2v) is 3.89. The minimum absolute atomic E-state index is 0.745. The van der Waals surface area contributed by atoms with E-state index in [0.29, 0.717) is 0 Å². The van der Waals surface area contributed by atoms with Crippen LogP contribution in [0.3, 0.4) is 0 Å². The number of nitrogens with zero attached hydrogens (tertiary/aromatic N) is 1. The van der Waals surface area contributed by atoms with Crippen LogP contribution in [0.25, 0.3) is 0 Å². The molecule has 0 saturated carbocycles. The Morgan fingerprint density at radius 1 is 1.42 bits per heavy atom. The normalized spacial score (nSPS) is 30.8. The van der Waals surface area contributed by atoms with Crippen LogP contribution in [0.1, 0.15) is 26.2 Å². The Kier molecular flexibility index (Phi) is 3.73. The molecule has 0 spiro atoms. The van der Waals surface area contributed by atoms with E-state index in [0.717, 1.165) is 31.0 Å². The Hall–Kier alpha value is -0.370. The summed E-state index contributed by atoms with van der Waals surface area (Å²) in [7, 11) is 2.17. The van der Waals surface area contributed by atoms with Crippen LogP contribution in [0.4, 0.5) is 0 Å². The van der Waals surface area contributed by atoms with Crippen molar-refractivity contribution >= 4 is 6.29 Å². The van der Waals surface area contributed by atoms with Crippen molar-refractivity contribution in [3.63, 3.8) is 0 Å². The van der Waals surface area contributed by atoms with E-state index in [-0.39, 0.29) is 0 Å². The molecule has 2 heteroatoms. The van der Waals surface area contributed by atoms with E-state index in [4.69, 9.17) is 0 Å². The molecular weight excluding hydrogens is 150 g/mol. The molecule has 0 aromatic rings. The summed E-state index contributed by atoms with van der Waals surface area (Å²) >= 11 is 0. The molecule has 0 aromatic carbocycles. The lowest BCUT2D eigenvalue weighted by molar-refractivity contribution is -0.108. The summed E-state index contributed by atoms with van der Waals surface area (Å²) in [5.74, 6) is 1.60. The highest BCUT2D eigenvalue weighted by Gasteiger charge is 2.28. The maximum Gasteiger partial charge on any atom is 0.120 e. The molecule has 1 saturated heterocycles.